The van der Waals surface area contributed by atoms with Crippen molar-refractivity contribution in [2.24, 2.45) is 0 Å². The lowest BCUT2D eigenvalue weighted by Gasteiger charge is -2.14. The van der Waals surface area contributed by atoms with Crippen LogP contribution in [0.25, 0.3) is 0 Å². The molecule has 2 rings (SSSR count). The molecule has 0 atom stereocenters. The Morgan fingerprint density at radius 2 is 1.90 bits per heavy atom. The van der Waals surface area contributed by atoms with Crippen molar-refractivity contribution in [2.75, 3.05) is 17.7 Å². The van der Waals surface area contributed by atoms with Crippen molar-refractivity contribution in [1.82, 2.24) is 9.97 Å². The van der Waals surface area contributed by atoms with Crippen LogP contribution < -0.4 is 10.6 Å². The molecule has 1 aromatic heterocycles. The van der Waals surface area contributed by atoms with Gasteiger partial charge in [-0.1, -0.05) is 18.2 Å². The highest BCUT2D eigenvalue weighted by Crippen LogP contribution is 2.32. The highest BCUT2D eigenvalue weighted by atomic mass is 19.4. The minimum Gasteiger partial charge on any atom is -0.366 e. The van der Waals surface area contributed by atoms with Crippen LogP contribution in [0.2, 0.25) is 0 Å². The van der Waals surface area contributed by atoms with Gasteiger partial charge < -0.3 is 10.6 Å². The second-order valence-electron chi connectivity index (χ2n) is 4.48. The maximum Gasteiger partial charge on any atom is 0.416 e. The third-order valence-corrected chi connectivity index (χ3v) is 2.96. The first-order valence-corrected chi connectivity index (χ1v) is 6.32. The zero-order valence-electron chi connectivity index (χ0n) is 11.6. The van der Waals surface area contributed by atoms with Crippen LogP contribution in [-0.2, 0) is 12.7 Å². The van der Waals surface area contributed by atoms with Crippen LogP contribution in [-0.4, -0.2) is 17.0 Å². The molecular formula is C14H15F3N4. The maximum absolute atomic E-state index is 12.9. The molecule has 21 heavy (non-hydrogen) atoms. The first-order chi connectivity index (χ1) is 9.91. The molecule has 0 spiro atoms. The van der Waals surface area contributed by atoms with E-state index in [4.69, 9.17) is 0 Å². The molecule has 1 aromatic carbocycles. The molecule has 1 heterocycles. The molecule has 2 aromatic rings. The monoisotopic (exact) mass is 296 g/mol. The lowest BCUT2D eigenvalue weighted by molar-refractivity contribution is -0.138. The number of nitrogens with one attached hydrogen (secondary N) is 2. The summed E-state index contributed by atoms with van der Waals surface area (Å²) in [6, 6.07) is 5.48. The predicted octanol–water partition coefficient (Wildman–Crippen LogP) is 3.46. The summed E-state index contributed by atoms with van der Waals surface area (Å²) in [5, 5.41) is 5.71. The number of aryl methyl sites for hydroxylation is 1. The van der Waals surface area contributed by atoms with Gasteiger partial charge in [-0.25, -0.2) is 4.98 Å². The molecule has 0 unspecified atom stereocenters. The van der Waals surface area contributed by atoms with Crippen molar-refractivity contribution in [2.45, 2.75) is 19.6 Å². The second kappa shape index (κ2) is 5.99. The normalized spacial score (nSPS) is 11.3. The molecule has 7 heteroatoms. The van der Waals surface area contributed by atoms with Crippen molar-refractivity contribution in [3.05, 3.63) is 47.2 Å². The Morgan fingerprint density at radius 1 is 1.19 bits per heavy atom. The Kier molecular flexibility index (Phi) is 4.30. The molecule has 0 aliphatic heterocycles. The van der Waals surface area contributed by atoms with Gasteiger partial charge in [0.25, 0.3) is 0 Å². The highest BCUT2D eigenvalue weighted by Gasteiger charge is 2.32. The van der Waals surface area contributed by atoms with Gasteiger partial charge in [-0.2, -0.15) is 18.2 Å². The molecule has 0 bridgehead atoms. The van der Waals surface area contributed by atoms with Crippen LogP contribution in [0.15, 0.2) is 30.5 Å². The molecule has 0 aliphatic carbocycles. The molecule has 2 N–H and O–H groups in total. The molecule has 0 saturated heterocycles. The topological polar surface area (TPSA) is 49.8 Å². The third kappa shape index (κ3) is 3.62. The Hall–Kier alpha value is -2.31. The summed E-state index contributed by atoms with van der Waals surface area (Å²) in [6.07, 6.45) is -2.76. The first kappa shape index (κ1) is 15.1. The van der Waals surface area contributed by atoms with Gasteiger partial charge in [0.2, 0.25) is 5.95 Å². The molecule has 0 aliphatic rings. The fourth-order valence-electron chi connectivity index (χ4n) is 1.87. The van der Waals surface area contributed by atoms with Gasteiger partial charge in [-0.3, -0.25) is 0 Å². The van der Waals surface area contributed by atoms with Gasteiger partial charge in [-0.05, 0) is 18.6 Å². The Bertz CT molecular complexity index is 626. The summed E-state index contributed by atoms with van der Waals surface area (Å²) in [5.41, 5.74) is 0.297. The van der Waals surface area contributed by atoms with Crippen LogP contribution in [0.4, 0.5) is 24.9 Å². The van der Waals surface area contributed by atoms with Gasteiger partial charge in [-0.15, -0.1) is 0 Å². The van der Waals surface area contributed by atoms with Gasteiger partial charge in [0.15, 0.2) is 0 Å². The number of nitrogens with zero attached hydrogens (tertiary/aromatic N) is 2. The summed E-state index contributed by atoms with van der Waals surface area (Å²) in [6.45, 7) is 1.83. The van der Waals surface area contributed by atoms with E-state index >= 15 is 0 Å². The van der Waals surface area contributed by atoms with E-state index in [9.17, 15) is 13.2 Å². The van der Waals surface area contributed by atoms with Crippen LogP contribution in [0.3, 0.4) is 0 Å². The van der Waals surface area contributed by atoms with Crippen LogP contribution in [0.5, 0.6) is 0 Å². The van der Waals surface area contributed by atoms with Crippen LogP contribution in [0, 0.1) is 6.92 Å². The highest BCUT2D eigenvalue weighted by molar-refractivity contribution is 5.47. The van der Waals surface area contributed by atoms with E-state index in [1.54, 1.807) is 26.2 Å². The maximum atomic E-state index is 12.9. The number of rotatable bonds is 4. The number of benzene rings is 1. The van der Waals surface area contributed by atoms with Crippen molar-refractivity contribution in [3.8, 4) is 0 Å². The van der Waals surface area contributed by atoms with Gasteiger partial charge >= 0.3 is 6.18 Å². The quantitative estimate of drug-likeness (QED) is 0.907. The van der Waals surface area contributed by atoms with E-state index in [2.05, 4.69) is 20.6 Å². The number of anilines is 2. The third-order valence-electron chi connectivity index (χ3n) is 2.96. The SMILES string of the molecule is CNc1ncc(C)c(NCc2ccccc2C(F)(F)F)n1. The van der Waals surface area contributed by atoms with Crippen molar-refractivity contribution < 1.29 is 13.2 Å². The average molecular weight is 296 g/mol. The summed E-state index contributed by atoms with van der Waals surface area (Å²) >= 11 is 0. The van der Waals surface area contributed by atoms with E-state index in [-0.39, 0.29) is 12.1 Å². The fourth-order valence-corrected chi connectivity index (χ4v) is 1.87. The summed E-state index contributed by atoms with van der Waals surface area (Å²) in [5.74, 6) is 0.915. The Morgan fingerprint density at radius 3 is 2.57 bits per heavy atom. The minimum absolute atomic E-state index is 0.0384. The summed E-state index contributed by atoms with van der Waals surface area (Å²) in [7, 11) is 1.67. The minimum atomic E-state index is -4.37. The molecule has 0 saturated carbocycles. The van der Waals surface area contributed by atoms with Crippen molar-refractivity contribution in [3.63, 3.8) is 0 Å². The second-order valence-corrected chi connectivity index (χ2v) is 4.48. The number of hydrogen-bond acceptors (Lipinski definition) is 4. The smallest absolute Gasteiger partial charge is 0.366 e. The zero-order chi connectivity index (χ0) is 15.5. The molecular weight excluding hydrogens is 281 g/mol. The summed E-state index contributed by atoms with van der Waals surface area (Å²) < 4.78 is 38.7. The van der Waals surface area contributed by atoms with Gasteiger partial charge in [0.1, 0.15) is 5.82 Å². The first-order valence-electron chi connectivity index (χ1n) is 6.32. The van der Waals surface area contributed by atoms with Crippen molar-refractivity contribution in [1.29, 1.82) is 0 Å². The predicted molar refractivity (Wildman–Crippen MR) is 75.1 cm³/mol. The average Bonchev–Trinajstić information content (AvgIpc) is 2.46. The Balaban J connectivity index is 2.21. The lowest BCUT2D eigenvalue weighted by atomic mass is 10.1. The molecule has 0 fully saturated rings. The van der Waals surface area contributed by atoms with E-state index in [1.165, 1.54) is 12.1 Å². The van der Waals surface area contributed by atoms with Crippen molar-refractivity contribution >= 4 is 11.8 Å². The zero-order valence-corrected chi connectivity index (χ0v) is 11.6. The van der Waals surface area contributed by atoms with Crippen LogP contribution >= 0.6 is 0 Å². The number of aromatic nitrogens is 2. The number of hydrogen-bond donors (Lipinski definition) is 2. The molecule has 4 nitrogen and oxygen atoms in total. The van der Waals surface area contributed by atoms with E-state index in [0.29, 0.717) is 11.8 Å². The number of halogens is 3. The van der Waals surface area contributed by atoms with Gasteiger partial charge in [0.05, 0.1) is 5.56 Å². The van der Waals surface area contributed by atoms with E-state index in [0.717, 1.165) is 11.6 Å². The standard InChI is InChI=1S/C14H15F3N4/c1-9-7-20-13(18-2)21-12(9)19-8-10-5-3-4-6-11(10)14(15,16)17/h3-7H,8H2,1-2H3,(H2,18,19,20,21). The largest absolute Gasteiger partial charge is 0.416 e. The number of alkyl halides is 3. The van der Waals surface area contributed by atoms with E-state index in [1.807, 2.05) is 0 Å². The fraction of sp³-hybridized carbons (Fsp3) is 0.286. The Labute approximate surface area is 120 Å². The lowest BCUT2D eigenvalue weighted by Crippen LogP contribution is -2.13. The molecule has 0 amide bonds. The van der Waals surface area contributed by atoms with Gasteiger partial charge in [0, 0.05) is 25.4 Å². The van der Waals surface area contributed by atoms with Crippen LogP contribution in [0.1, 0.15) is 16.7 Å². The molecule has 0 radical (unpaired) electrons. The van der Waals surface area contributed by atoms with E-state index < -0.39 is 11.7 Å². The molecule has 112 valence electrons. The summed E-state index contributed by atoms with van der Waals surface area (Å²) in [4.78, 5) is 8.21.